The summed E-state index contributed by atoms with van der Waals surface area (Å²) in [6.45, 7) is 2.38. The fourth-order valence-electron chi connectivity index (χ4n) is 4.10. The van der Waals surface area contributed by atoms with Crippen LogP contribution in [-0.4, -0.2) is 41.8 Å². The number of aromatic nitrogens is 2. The van der Waals surface area contributed by atoms with E-state index in [9.17, 15) is 4.39 Å². The maximum atomic E-state index is 14.6. The zero-order valence-electron chi connectivity index (χ0n) is 17.0. The molecule has 4 N–H and O–H groups in total. The lowest BCUT2D eigenvalue weighted by molar-refractivity contribution is 0.0699. The van der Waals surface area contributed by atoms with Gasteiger partial charge in [-0.15, -0.1) is 0 Å². The molecular formula is C22H29ClFN5O. The Morgan fingerprint density at radius 1 is 1.10 bits per heavy atom. The lowest BCUT2D eigenvalue weighted by Gasteiger charge is -2.27. The molecule has 0 bridgehead atoms. The maximum absolute atomic E-state index is 14.6. The van der Waals surface area contributed by atoms with Gasteiger partial charge in [-0.3, -0.25) is 0 Å². The van der Waals surface area contributed by atoms with Crippen molar-refractivity contribution >= 4 is 23.2 Å². The second-order valence-corrected chi connectivity index (χ2v) is 8.68. The van der Waals surface area contributed by atoms with Crippen molar-refractivity contribution in [3.05, 3.63) is 35.2 Å². The molecule has 4 rings (SSSR count). The van der Waals surface area contributed by atoms with Crippen LogP contribution in [0.25, 0.3) is 11.3 Å². The van der Waals surface area contributed by atoms with E-state index in [1.54, 1.807) is 18.3 Å². The number of rotatable bonds is 6. The molecule has 2 aliphatic rings. The number of nitrogens with two attached hydrogens (primary N) is 1. The maximum Gasteiger partial charge on any atom is 0.149 e. The van der Waals surface area contributed by atoms with Crippen LogP contribution in [0.2, 0.25) is 5.02 Å². The summed E-state index contributed by atoms with van der Waals surface area (Å²) in [4.78, 5) is 8.89. The standard InChI is InChI=1S/C22H29ClFN5O/c23-18-13-27-21(28-16-3-1-15(25)2-4-16)11-17(18)22-19(24)5-6-20(29-22)26-12-14-7-9-30-10-8-14/h5-6,11,13-16H,1-4,7-10,12,25H2,(H,26,29)(H,27,28). The van der Waals surface area contributed by atoms with E-state index in [1.807, 2.05) is 0 Å². The molecule has 6 nitrogen and oxygen atoms in total. The first kappa shape index (κ1) is 21.3. The van der Waals surface area contributed by atoms with Gasteiger partial charge < -0.3 is 21.1 Å². The molecule has 0 unspecified atom stereocenters. The zero-order valence-corrected chi connectivity index (χ0v) is 17.8. The van der Waals surface area contributed by atoms with Gasteiger partial charge in [0, 0.05) is 43.6 Å². The van der Waals surface area contributed by atoms with E-state index in [0.717, 1.165) is 58.3 Å². The molecule has 0 radical (unpaired) electrons. The van der Waals surface area contributed by atoms with Crippen molar-refractivity contribution in [1.82, 2.24) is 9.97 Å². The lowest BCUT2D eigenvalue weighted by atomic mass is 9.92. The van der Waals surface area contributed by atoms with E-state index in [2.05, 4.69) is 20.6 Å². The van der Waals surface area contributed by atoms with Gasteiger partial charge >= 0.3 is 0 Å². The van der Waals surface area contributed by atoms with Crippen LogP contribution >= 0.6 is 11.6 Å². The van der Waals surface area contributed by atoms with Crippen molar-refractivity contribution in [2.45, 2.75) is 50.6 Å². The fourth-order valence-corrected chi connectivity index (χ4v) is 4.29. The van der Waals surface area contributed by atoms with Gasteiger partial charge in [-0.25, -0.2) is 14.4 Å². The number of halogens is 2. The average Bonchev–Trinajstić information content (AvgIpc) is 2.77. The summed E-state index contributed by atoms with van der Waals surface area (Å²) in [5.74, 6) is 1.45. The molecule has 8 heteroatoms. The van der Waals surface area contributed by atoms with Crippen LogP contribution in [0, 0.1) is 11.7 Å². The number of ether oxygens (including phenoxy) is 1. The summed E-state index contributed by atoms with van der Waals surface area (Å²) < 4.78 is 20.0. The van der Waals surface area contributed by atoms with Crippen LogP contribution < -0.4 is 16.4 Å². The van der Waals surface area contributed by atoms with Crippen molar-refractivity contribution < 1.29 is 9.13 Å². The smallest absolute Gasteiger partial charge is 0.149 e. The highest BCUT2D eigenvalue weighted by Crippen LogP contribution is 2.32. The highest BCUT2D eigenvalue weighted by Gasteiger charge is 2.20. The average molecular weight is 434 g/mol. The molecule has 2 aromatic heterocycles. The van der Waals surface area contributed by atoms with Crippen LogP contribution in [0.4, 0.5) is 16.0 Å². The Labute approximate surface area is 181 Å². The minimum absolute atomic E-state index is 0.230. The van der Waals surface area contributed by atoms with Crippen molar-refractivity contribution in [3.63, 3.8) is 0 Å². The number of pyridine rings is 2. The summed E-state index contributed by atoms with van der Waals surface area (Å²) in [5.41, 5.74) is 6.76. The largest absolute Gasteiger partial charge is 0.381 e. The zero-order chi connectivity index (χ0) is 20.9. The van der Waals surface area contributed by atoms with Crippen molar-refractivity contribution in [2.24, 2.45) is 11.7 Å². The first-order chi connectivity index (χ1) is 14.6. The van der Waals surface area contributed by atoms with Crippen LogP contribution in [0.5, 0.6) is 0 Å². The van der Waals surface area contributed by atoms with Crippen LogP contribution in [0.15, 0.2) is 24.4 Å². The number of hydrogen-bond acceptors (Lipinski definition) is 6. The predicted octanol–water partition coefficient (Wildman–Crippen LogP) is 4.46. The van der Waals surface area contributed by atoms with Crippen LogP contribution in [0.1, 0.15) is 38.5 Å². The molecule has 162 valence electrons. The summed E-state index contributed by atoms with van der Waals surface area (Å²) in [5, 5.41) is 7.15. The van der Waals surface area contributed by atoms with E-state index in [-0.39, 0.29) is 11.7 Å². The Morgan fingerprint density at radius 2 is 1.87 bits per heavy atom. The highest BCUT2D eigenvalue weighted by atomic mass is 35.5. The van der Waals surface area contributed by atoms with Crippen molar-refractivity contribution in [1.29, 1.82) is 0 Å². The Hall–Kier alpha value is -1.96. The molecule has 1 aliphatic heterocycles. The minimum Gasteiger partial charge on any atom is -0.381 e. The van der Waals surface area contributed by atoms with E-state index < -0.39 is 5.82 Å². The van der Waals surface area contributed by atoms with Crippen LogP contribution in [0.3, 0.4) is 0 Å². The minimum atomic E-state index is -0.408. The molecule has 0 aromatic carbocycles. The third kappa shape index (κ3) is 5.39. The first-order valence-electron chi connectivity index (χ1n) is 10.7. The Balaban J connectivity index is 1.49. The molecule has 1 aliphatic carbocycles. The molecular weight excluding hydrogens is 405 g/mol. The molecule has 1 saturated carbocycles. The molecule has 1 saturated heterocycles. The fraction of sp³-hybridized carbons (Fsp3) is 0.545. The third-order valence-corrected chi connectivity index (χ3v) is 6.29. The normalized spacial score (nSPS) is 22.6. The van der Waals surface area contributed by atoms with Crippen LogP contribution in [-0.2, 0) is 4.74 Å². The van der Waals surface area contributed by atoms with Gasteiger partial charge in [0.2, 0.25) is 0 Å². The second-order valence-electron chi connectivity index (χ2n) is 8.27. The van der Waals surface area contributed by atoms with Gasteiger partial charge in [0.15, 0.2) is 0 Å². The van der Waals surface area contributed by atoms with E-state index in [0.29, 0.717) is 34.2 Å². The van der Waals surface area contributed by atoms with Gasteiger partial charge in [0.25, 0.3) is 0 Å². The summed E-state index contributed by atoms with van der Waals surface area (Å²) in [6, 6.07) is 5.48. The number of anilines is 2. The highest BCUT2D eigenvalue weighted by molar-refractivity contribution is 6.33. The Kier molecular flexibility index (Phi) is 7.02. The topological polar surface area (TPSA) is 85.1 Å². The second kappa shape index (κ2) is 9.90. The van der Waals surface area contributed by atoms with Gasteiger partial charge in [-0.2, -0.15) is 0 Å². The molecule has 2 aromatic rings. The van der Waals surface area contributed by atoms with Gasteiger partial charge in [-0.05, 0) is 62.6 Å². The SMILES string of the molecule is NC1CCC(Nc2cc(-c3nc(NCC4CCOCC4)ccc3F)c(Cl)cn2)CC1. The number of nitrogens with one attached hydrogen (secondary N) is 2. The third-order valence-electron chi connectivity index (χ3n) is 5.99. The molecule has 2 fully saturated rings. The molecule has 0 spiro atoms. The predicted molar refractivity (Wildman–Crippen MR) is 118 cm³/mol. The summed E-state index contributed by atoms with van der Waals surface area (Å²) >= 11 is 6.37. The quantitative estimate of drug-likeness (QED) is 0.623. The molecule has 3 heterocycles. The molecule has 30 heavy (non-hydrogen) atoms. The number of nitrogens with zero attached hydrogens (tertiary/aromatic N) is 2. The van der Waals surface area contributed by atoms with Gasteiger partial charge in [0.05, 0.1) is 5.02 Å². The van der Waals surface area contributed by atoms with E-state index in [4.69, 9.17) is 22.1 Å². The number of hydrogen-bond donors (Lipinski definition) is 3. The van der Waals surface area contributed by atoms with Crippen molar-refractivity contribution in [3.8, 4) is 11.3 Å². The van der Waals surface area contributed by atoms with Gasteiger partial charge in [-0.1, -0.05) is 11.6 Å². The monoisotopic (exact) mass is 433 g/mol. The van der Waals surface area contributed by atoms with Gasteiger partial charge in [0.1, 0.15) is 23.1 Å². The van der Waals surface area contributed by atoms with Crippen molar-refractivity contribution in [2.75, 3.05) is 30.4 Å². The molecule has 0 atom stereocenters. The summed E-state index contributed by atoms with van der Waals surface area (Å²) in [7, 11) is 0. The lowest BCUT2D eigenvalue weighted by Crippen LogP contribution is -2.33. The Morgan fingerprint density at radius 3 is 2.63 bits per heavy atom. The van der Waals surface area contributed by atoms with E-state index >= 15 is 0 Å². The summed E-state index contributed by atoms with van der Waals surface area (Å²) in [6.07, 6.45) is 7.59. The first-order valence-corrected chi connectivity index (χ1v) is 11.1. The molecule has 0 amide bonds. The Bertz CT molecular complexity index is 853. The van der Waals surface area contributed by atoms with E-state index in [1.165, 1.54) is 6.07 Å².